The molecule has 2 nitrogen and oxygen atoms in total. The molecule has 1 N–H and O–H groups in total. The molecule has 0 saturated carbocycles. The Morgan fingerprint density at radius 3 is 2.19 bits per heavy atom. The summed E-state index contributed by atoms with van der Waals surface area (Å²) < 4.78 is 0. The Kier molecular flexibility index (Phi) is 11.3. The fourth-order valence-corrected chi connectivity index (χ4v) is 2.21. The number of hydrogen-bond donors (Lipinski definition) is 1. The maximum atomic E-state index is 3.37. The van der Waals surface area contributed by atoms with Gasteiger partial charge in [0.15, 0.2) is 0 Å². The van der Waals surface area contributed by atoms with Crippen LogP contribution in [0.15, 0.2) is 0 Å². The van der Waals surface area contributed by atoms with Gasteiger partial charge in [0, 0.05) is 6.04 Å². The molecule has 0 amide bonds. The number of piperidine rings is 1. The van der Waals surface area contributed by atoms with Crippen molar-refractivity contribution in [1.82, 2.24) is 10.2 Å². The van der Waals surface area contributed by atoms with Crippen molar-refractivity contribution in [2.24, 2.45) is 0 Å². The van der Waals surface area contributed by atoms with E-state index in [0.717, 1.165) is 6.04 Å². The molecule has 0 radical (unpaired) electrons. The zero-order valence-corrected chi connectivity index (χ0v) is 11.9. The van der Waals surface area contributed by atoms with E-state index in [4.69, 9.17) is 0 Å². The molecule has 0 spiro atoms. The van der Waals surface area contributed by atoms with Gasteiger partial charge in [0.25, 0.3) is 0 Å². The van der Waals surface area contributed by atoms with Crippen molar-refractivity contribution in [2.45, 2.75) is 65.3 Å². The summed E-state index contributed by atoms with van der Waals surface area (Å²) in [6, 6.07) is 0.780. The Labute approximate surface area is 103 Å². The van der Waals surface area contributed by atoms with Crippen LogP contribution in [0.3, 0.4) is 0 Å². The smallest absolute Gasteiger partial charge is 0.00884 e. The normalized spacial score (nSPS) is 18.0. The molecule has 16 heavy (non-hydrogen) atoms. The lowest BCUT2D eigenvalue weighted by Gasteiger charge is -2.31. The second-order valence-electron chi connectivity index (χ2n) is 4.47. The van der Waals surface area contributed by atoms with Crippen LogP contribution < -0.4 is 5.32 Å². The van der Waals surface area contributed by atoms with Crippen LogP contribution in [0.1, 0.15) is 59.3 Å². The van der Waals surface area contributed by atoms with Crippen LogP contribution in [0, 0.1) is 0 Å². The van der Waals surface area contributed by atoms with Crippen LogP contribution in [0.2, 0.25) is 0 Å². The highest BCUT2D eigenvalue weighted by atomic mass is 15.1. The van der Waals surface area contributed by atoms with Gasteiger partial charge in [-0.15, -0.1) is 0 Å². The van der Waals surface area contributed by atoms with Gasteiger partial charge in [0.2, 0.25) is 0 Å². The molecule has 0 unspecified atom stereocenters. The highest BCUT2D eigenvalue weighted by Crippen LogP contribution is 2.11. The molecule has 2 heteroatoms. The quantitative estimate of drug-likeness (QED) is 0.702. The first kappa shape index (κ1) is 15.9. The van der Waals surface area contributed by atoms with Crippen LogP contribution in [0.25, 0.3) is 0 Å². The fraction of sp³-hybridized carbons (Fsp3) is 1.00. The Morgan fingerprint density at radius 2 is 1.69 bits per heavy atom. The molecule has 0 aromatic rings. The van der Waals surface area contributed by atoms with Gasteiger partial charge in [0.1, 0.15) is 0 Å². The second kappa shape index (κ2) is 11.4. The summed E-state index contributed by atoms with van der Waals surface area (Å²) in [7, 11) is 2.08. The molecule has 1 aliphatic heterocycles. The van der Waals surface area contributed by atoms with Gasteiger partial charge in [-0.05, 0) is 45.9 Å². The van der Waals surface area contributed by atoms with E-state index < -0.39 is 0 Å². The molecule has 1 fully saturated rings. The summed E-state index contributed by atoms with van der Waals surface area (Å²) in [4.78, 5) is 2.63. The van der Waals surface area contributed by atoms with E-state index in [9.17, 15) is 0 Å². The molecule has 1 saturated heterocycles. The lowest BCUT2D eigenvalue weighted by Crippen LogP contribution is -2.41. The Hall–Kier alpha value is -0.0800. The van der Waals surface area contributed by atoms with Crippen molar-refractivity contribution < 1.29 is 0 Å². The SMILES string of the molecule is CC.CCCCCCN1CCC(NC)CC1. The predicted octanol–water partition coefficient (Wildman–Crippen LogP) is 3.28. The molecule has 0 bridgehead atoms. The first-order valence-electron chi connectivity index (χ1n) is 7.26. The minimum Gasteiger partial charge on any atom is -0.317 e. The lowest BCUT2D eigenvalue weighted by molar-refractivity contribution is 0.198. The topological polar surface area (TPSA) is 15.3 Å². The fourth-order valence-electron chi connectivity index (χ4n) is 2.21. The minimum absolute atomic E-state index is 0.780. The molecule has 0 atom stereocenters. The molecular formula is C14H32N2. The molecule has 98 valence electrons. The summed E-state index contributed by atoms with van der Waals surface area (Å²) in [5.41, 5.74) is 0. The van der Waals surface area contributed by atoms with Gasteiger partial charge in [-0.25, -0.2) is 0 Å². The van der Waals surface area contributed by atoms with Crippen LogP contribution in [-0.2, 0) is 0 Å². The van der Waals surface area contributed by atoms with E-state index in [1.54, 1.807) is 0 Å². The van der Waals surface area contributed by atoms with E-state index in [1.165, 1.54) is 58.2 Å². The average Bonchev–Trinajstić information content (AvgIpc) is 2.38. The number of likely N-dealkylation sites (tertiary alicyclic amines) is 1. The Bertz CT molecular complexity index is 129. The molecule has 1 rings (SSSR count). The van der Waals surface area contributed by atoms with Crippen molar-refractivity contribution in [3.05, 3.63) is 0 Å². The maximum Gasteiger partial charge on any atom is 0.00884 e. The Morgan fingerprint density at radius 1 is 1.06 bits per heavy atom. The lowest BCUT2D eigenvalue weighted by atomic mass is 10.0. The van der Waals surface area contributed by atoms with Crippen molar-refractivity contribution in [2.75, 3.05) is 26.7 Å². The number of nitrogens with zero attached hydrogens (tertiary/aromatic N) is 1. The second-order valence-corrected chi connectivity index (χ2v) is 4.47. The van der Waals surface area contributed by atoms with Crippen molar-refractivity contribution >= 4 is 0 Å². The zero-order valence-electron chi connectivity index (χ0n) is 11.9. The van der Waals surface area contributed by atoms with Gasteiger partial charge in [-0.3, -0.25) is 0 Å². The molecule has 0 aromatic heterocycles. The first-order valence-corrected chi connectivity index (χ1v) is 7.26. The van der Waals surface area contributed by atoms with Gasteiger partial charge in [-0.2, -0.15) is 0 Å². The summed E-state index contributed by atoms with van der Waals surface area (Å²) in [6.45, 7) is 10.2. The van der Waals surface area contributed by atoms with Crippen LogP contribution in [0.5, 0.6) is 0 Å². The highest BCUT2D eigenvalue weighted by Gasteiger charge is 2.16. The van der Waals surface area contributed by atoms with E-state index >= 15 is 0 Å². The van der Waals surface area contributed by atoms with Crippen molar-refractivity contribution in [1.29, 1.82) is 0 Å². The molecule has 1 heterocycles. The molecule has 1 aliphatic rings. The van der Waals surface area contributed by atoms with Crippen molar-refractivity contribution in [3.8, 4) is 0 Å². The van der Waals surface area contributed by atoms with Crippen LogP contribution in [0.4, 0.5) is 0 Å². The largest absolute Gasteiger partial charge is 0.317 e. The summed E-state index contributed by atoms with van der Waals surface area (Å²) >= 11 is 0. The third-order valence-corrected chi connectivity index (χ3v) is 3.32. The number of unbranched alkanes of at least 4 members (excludes halogenated alkanes) is 3. The number of hydrogen-bond acceptors (Lipinski definition) is 2. The first-order chi connectivity index (χ1) is 7.86. The van der Waals surface area contributed by atoms with Gasteiger partial charge >= 0.3 is 0 Å². The minimum atomic E-state index is 0.780. The van der Waals surface area contributed by atoms with Crippen molar-refractivity contribution in [3.63, 3.8) is 0 Å². The average molecular weight is 228 g/mol. The summed E-state index contributed by atoms with van der Waals surface area (Å²) in [5.74, 6) is 0. The highest BCUT2D eigenvalue weighted by molar-refractivity contribution is 4.75. The van der Waals surface area contributed by atoms with E-state index in [1.807, 2.05) is 13.8 Å². The molecule has 0 aromatic carbocycles. The van der Waals surface area contributed by atoms with E-state index in [0.29, 0.717) is 0 Å². The standard InChI is InChI=1S/C12H26N2.C2H6/c1-3-4-5-6-9-14-10-7-12(13-2)8-11-14;1-2/h12-13H,3-11H2,1-2H3;1-2H3. The van der Waals surface area contributed by atoms with E-state index in [-0.39, 0.29) is 0 Å². The number of rotatable bonds is 6. The zero-order chi connectivity index (χ0) is 12.2. The van der Waals surface area contributed by atoms with Crippen LogP contribution >= 0.6 is 0 Å². The maximum absolute atomic E-state index is 3.37. The number of nitrogens with one attached hydrogen (secondary N) is 1. The predicted molar refractivity (Wildman–Crippen MR) is 74.0 cm³/mol. The van der Waals surface area contributed by atoms with Gasteiger partial charge in [-0.1, -0.05) is 40.0 Å². The van der Waals surface area contributed by atoms with Gasteiger partial charge in [0.05, 0.1) is 0 Å². The molecule has 0 aliphatic carbocycles. The van der Waals surface area contributed by atoms with Gasteiger partial charge < -0.3 is 10.2 Å². The Balaban J connectivity index is 0.00000106. The third kappa shape index (κ3) is 7.24. The summed E-state index contributed by atoms with van der Waals surface area (Å²) in [6.07, 6.45) is 8.25. The molecular weight excluding hydrogens is 196 g/mol. The third-order valence-electron chi connectivity index (χ3n) is 3.32. The van der Waals surface area contributed by atoms with Crippen LogP contribution in [-0.4, -0.2) is 37.6 Å². The van der Waals surface area contributed by atoms with E-state index in [2.05, 4.69) is 24.2 Å². The summed E-state index contributed by atoms with van der Waals surface area (Å²) in [5, 5.41) is 3.37. The monoisotopic (exact) mass is 228 g/mol.